The summed E-state index contributed by atoms with van der Waals surface area (Å²) in [6, 6.07) is 16.2. The van der Waals surface area contributed by atoms with Crippen LogP contribution in [0, 0.1) is 0 Å². The van der Waals surface area contributed by atoms with Gasteiger partial charge < -0.3 is 10.2 Å². The van der Waals surface area contributed by atoms with Crippen molar-refractivity contribution >= 4 is 33.8 Å². The third kappa shape index (κ3) is 9.26. The summed E-state index contributed by atoms with van der Waals surface area (Å²) in [6.07, 6.45) is 3.85. The zero-order valence-corrected chi connectivity index (χ0v) is 19.9. The summed E-state index contributed by atoms with van der Waals surface area (Å²) < 4.78 is 27.6. The third-order valence-corrected chi connectivity index (χ3v) is 6.28. The summed E-state index contributed by atoms with van der Waals surface area (Å²) >= 11 is 1.57. The summed E-state index contributed by atoms with van der Waals surface area (Å²) in [5.41, 5.74) is 2.91. The van der Waals surface area contributed by atoms with Crippen molar-refractivity contribution in [2.24, 2.45) is 0 Å². The van der Waals surface area contributed by atoms with Crippen molar-refractivity contribution in [3.8, 4) is 0 Å². The van der Waals surface area contributed by atoms with Crippen molar-refractivity contribution in [2.75, 3.05) is 26.1 Å². The highest BCUT2D eigenvalue weighted by molar-refractivity contribution is 7.98. The number of carbonyl (C=O) groups is 1. The number of rotatable bonds is 12. The molecule has 0 fully saturated rings. The molecule has 2 aromatic rings. The van der Waals surface area contributed by atoms with Crippen LogP contribution in [-0.2, 0) is 27.9 Å². The molecule has 0 aliphatic rings. The molecule has 8 heteroatoms. The Bertz CT molecular complexity index is 961. The normalized spacial score (nSPS) is 12.9. The number of hydrogen-bond acceptors (Lipinski definition) is 5. The molecule has 0 aromatic heterocycles. The quantitative estimate of drug-likeness (QED) is 0.508. The van der Waals surface area contributed by atoms with Gasteiger partial charge in [-0.2, -0.15) is 16.5 Å². The monoisotopic (exact) mass is 461 g/mol. The van der Waals surface area contributed by atoms with Crippen molar-refractivity contribution in [3.63, 3.8) is 0 Å². The maximum absolute atomic E-state index is 12.8. The lowest BCUT2D eigenvalue weighted by atomic mass is 10.1. The van der Waals surface area contributed by atoms with Crippen LogP contribution < -0.4 is 10.0 Å². The standard InChI is InChI=1S/C23H31N3O3S2/c1-26(2)18-21-12-8-7-11-20(21)17-24-23(27)22(13-15-30-3)25-31(28,29)16-14-19-9-5-4-6-10-19/h4-12,14,16,22,25H,13,15,17-18H2,1-3H3,(H,24,27)/b16-14+. The first-order valence-corrected chi connectivity index (χ1v) is 13.0. The first-order valence-electron chi connectivity index (χ1n) is 10.0. The van der Waals surface area contributed by atoms with Gasteiger partial charge in [0.1, 0.15) is 6.04 Å². The van der Waals surface area contributed by atoms with Crippen LogP contribution in [0.1, 0.15) is 23.1 Å². The molecule has 1 amide bonds. The molecule has 1 unspecified atom stereocenters. The van der Waals surface area contributed by atoms with E-state index in [-0.39, 0.29) is 5.91 Å². The van der Waals surface area contributed by atoms with Gasteiger partial charge in [-0.25, -0.2) is 8.42 Å². The predicted molar refractivity (Wildman–Crippen MR) is 130 cm³/mol. The minimum Gasteiger partial charge on any atom is -0.351 e. The van der Waals surface area contributed by atoms with E-state index in [1.165, 1.54) is 6.08 Å². The third-order valence-electron chi connectivity index (χ3n) is 4.53. The van der Waals surface area contributed by atoms with Crippen LogP contribution in [0.15, 0.2) is 60.0 Å². The summed E-state index contributed by atoms with van der Waals surface area (Å²) in [5.74, 6) is 0.339. The highest BCUT2D eigenvalue weighted by Crippen LogP contribution is 2.11. The van der Waals surface area contributed by atoms with Gasteiger partial charge >= 0.3 is 0 Å². The van der Waals surface area contributed by atoms with Crippen molar-refractivity contribution in [2.45, 2.75) is 25.6 Å². The number of benzene rings is 2. The van der Waals surface area contributed by atoms with Crippen LogP contribution in [0.4, 0.5) is 0 Å². The van der Waals surface area contributed by atoms with E-state index in [1.807, 2.05) is 74.9 Å². The van der Waals surface area contributed by atoms with Gasteiger partial charge in [-0.1, -0.05) is 54.6 Å². The van der Waals surface area contributed by atoms with Gasteiger partial charge in [0, 0.05) is 18.5 Å². The topological polar surface area (TPSA) is 78.5 Å². The molecule has 0 saturated carbocycles. The lowest BCUT2D eigenvalue weighted by Gasteiger charge is -2.19. The lowest BCUT2D eigenvalue weighted by molar-refractivity contribution is -0.122. The van der Waals surface area contributed by atoms with E-state index in [0.29, 0.717) is 18.7 Å². The van der Waals surface area contributed by atoms with Gasteiger partial charge in [0.05, 0.1) is 0 Å². The van der Waals surface area contributed by atoms with Gasteiger partial charge in [-0.15, -0.1) is 0 Å². The minimum atomic E-state index is -3.77. The molecule has 168 valence electrons. The van der Waals surface area contributed by atoms with Crippen molar-refractivity contribution in [1.29, 1.82) is 0 Å². The molecule has 0 spiro atoms. The van der Waals surface area contributed by atoms with E-state index in [2.05, 4.69) is 14.9 Å². The second kappa shape index (κ2) is 12.7. The van der Waals surface area contributed by atoms with Crippen LogP contribution in [-0.4, -0.2) is 51.4 Å². The zero-order chi connectivity index (χ0) is 22.7. The highest BCUT2D eigenvalue weighted by Gasteiger charge is 2.23. The molecular formula is C23H31N3O3S2. The van der Waals surface area contributed by atoms with Crippen LogP contribution >= 0.6 is 11.8 Å². The van der Waals surface area contributed by atoms with Gasteiger partial charge in [-0.3, -0.25) is 4.79 Å². The maximum Gasteiger partial charge on any atom is 0.238 e. The summed E-state index contributed by atoms with van der Waals surface area (Å²) in [6.45, 7) is 1.11. The van der Waals surface area contributed by atoms with Gasteiger partial charge in [0.2, 0.25) is 15.9 Å². The van der Waals surface area contributed by atoms with Gasteiger partial charge in [0.15, 0.2) is 0 Å². The Morgan fingerprint density at radius 2 is 1.71 bits per heavy atom. The number of carbonyl (C=O) groups excluding carboxylic acids is 1. The molecule has 0 aliphatic heterocycles. The summed E-state index contributed by atoms with van der Waals surface area (Å²) in [4.78, 5) is 14.9. The molecule has 0 heterocycles. The molecular weight excluding hydrogens is 430 g/mol. The van der Waals surface area contributed by atoms with Crippen LogP contribution in [0.2, 0.25) is 0 Å². The second-order valence-corrected chi connectivity index (χ2v) is 10.0. The van der Waals surface area contributed by atoms with Crippen molar-refractivity contribution in [3.05, 3.63) is 76.7 Å². The molecule has 0 saturated heterocycles. The van der Waals surface area contributed by atoms with Crippen LogP contribution in [0.5, 0.6) is 0 Å². The molecule has 2 rings (SSSR count). The minimum absolute atomic E-state index is 0.328. The Hall–Kier alpha value is -2.13. The van der Waals surface area contributed by atoms with E-state index >= 15 is 0 Å². The van der Waals surface area contributed by atoms with Crippen molar-refractivity contribution in [1.82, 2.24) is 14.9 Å². The SMILES string of the molecule is CSCCC(NS(=O)(=O)/C=C/c1ccccc1)C(=O)NCc1ccccc1CN(C)C. The second-order valence-electron chi connectivity index (χ2n) is 7.43. The number of thioether (sulfide) groups is 1. The first kappa shape index (κ1) is 25.1. The Labute approximate surface area is 190 Å². The van der Waals surface area contributed by atoms with E-state index < -0.39 is 16.1 Å². The van der Waals surface area contributed by atoms with Gasteiger partial charge in [-0.05, 0) is 55.3 Å². The molecule has 2 N–H and O–H groups in total. The number of nitrogens with zero attached hydrogens (tertiary/aromatic N) is 1. The van der Waals surface area contributed by atoms with Crippen LogP contribution in [0.3, 0.4) is 0 Å². The fraction of sp³-hybridized carbons (Fsp3) is 0.348. The number of amides is 1. The molecule has 0 bridgehead atoms. The molecule has 0 radical (unpaired) electrons. The average molecular weight is 462 g/mol. The Morgan fingerprint density at radius 3 is 2.35 bits per heavy atom. The molecule has 6 nitrogen and oxygen atoms in total. The maximum atomic E-state index is 12.8. The number of hydrogen-bond donors (Lipinski definition) is 2. The zero-order valence-electron chi connectivity index (χ0n) is 18.2. The smallest absolute Gasteiger partial charge is 0.238 e. The largest absolute Gasteiger partial charge is 0.351 e. The molecule has 0 aliphatic carbocycles. The summed E-state index contributed by atoms with van der Waals surface area (Å²) in [7, 11) is 0.214. The molecule has 2 aromatic carbocycles. The van der Waals surface area contributed by atoms with Gasteiger partial charge in [0.25, 0.3) is 0 Å². The van der Waals surface area contributed by atoms with Crippen LogP contribution in [0.25, 0.3) is 6.08 Å². The predicted octanol–water partition coefficient (Wildman–Crippen LogP) is 3.08. The summed E-state index contributed by atoms with van der Waals surface area (Å²) in [5, 5.41) is 4.01. The van der Waals surface area contributed by atoms with E-state index in [9.17, 15) is 13.2 Å². The fourth-order valence-electron chi connectivity index (χ4n) is 2.98. The lowest BCUT2D eigenvalue weighted by Crippen LogP contribution is -2.46. The number of nitrogens with one attached hydrogen (secondary N) is 2. The average Bonchev–Trinajstić information content (AvgIpc) is 2.75. The fourth-order valence-corrected chi connectivity index (χ4v) is 4.49. The molecule has 31 heavy (non-hydrogen) atoms. The van der Waals surface area contributed by atoms with E-state index in [4.69, 9.17) is 0 Å². The first-order chi connectivity index (χ1) is 14.8. The van der Waals surface area contributed by atoms with E-state index in [1.54, 1.807) is 11.8 Å². The highest BCUT2D eigenvalue weighted by atomic mass is 32.2. The number of sulfonamides is 1. The Morgan fingerprint density at radius 1 is 1.06 bits per heavy atom. The van der Waals surface area contributed by atoms with Crippen molar-refractivity contribution < 1.29 is 13.2 Å². The molecule has 1 atom stereocenters. The van der Waals surface area contributed by atoms with E-state index in [0.717, 1.165) is 28.6 Å². The Balaban J connectivity index is 2.06. The Kier molecular flexibility index (Phi) is 10.3.